The SMILES string of the molecule is C=Cc1c(C(C)C)nc2ccc(F)cc2c1Oc1cccc(C)c1. The summed E-state index contributed by atoms with van der Waals surface area (Å²) in [6.45, 7) is 10.1. The summed E-state index contributed by atoms with van der Waals surface area (Å²) < 4.78 is 20.0. The van der Waals surface area contributed by atoms with Gasteiger partial charge in [-0.2, -0.15) is 0 Å². The summed E-state index contributed by atoms with van der Waals surface area (Å²) in [6, 6.07) is 12.4. The summed E-state index contributed by atoms with van der Waals surface area (Å²) in [5, 5.41) is 0.649. The van der Waals surface area contributed by atoms with Gasteiger partial charge in [0, 0.05) is 10.9 Å². The van der Waals surface area contributed by atoms with Gasteiger partial charge >= 0.3 is 0 Å². The van der Waals surface area contributed by atoms with E-state index in [9.17, 15) is 4.39 Å². The fraction of sp³-hybridized carbons (Fsp3) is 0.190. The molecular formula is C21H20FNO. The van der Waals surface area contributed by atoms with E-state index >= 15 is 0 Å². The standard InChI is InChI=1S/C21H20FNO/c1-5-17-20(13(2)3)23-19-10-9-15(22)12-18(19)21(17)24-16-8-6-7-14(4)11-16/h5-13H,1H2,2-4H3. The zero-order valence-corrected chi connectivity index (χ0v) is 14.1. The number of pyridine rings is 1. The number of benzene rings is 2. The Kier molecular flexibility index (Phi) is 4.34. The normalized spacial score (nSPS) is 11.0. The van der Waals surface area contributed by atoms with Crippen molar-refractivity contribution in [2.75, 3.05) is 0 Å². The molecule has 3 aromatic rings. The van der Waals surface area contributed by atoms with Gasteiger partial charge in [-0.1, -0.05) is 38.6 Å². The average Bonchev–Trinajstić information content (AvgIpc) is 2.54. The van der Waals surface area contributed by atoms with Crippen LogP contribution in [0.1, 0.15) is 36.6 Å². The molecule has 0 saturated carbocycles. The highest BCUT2D eigenvalue weighted by Crippen LogP contribution is 2.38. The Morgan fingerprint density at radius 1 is 1.17 bits per heavy atom. The van der Waals surface area contributed by atoms with Crippen LogP contribution < -0.4 is 4.74 Å². The summed E-state index contributed by atoms with van der Waals surface area (Å²) in [6.07, 6.45) is 1.73. The monoisotopic (exact) mass is 321 g/mol. The molecule has 0 amide bonds. The second-order valence-electron chi connectivity index (χ2n) is 6.18. The maximum Gasteiger partial charge on any atom is 0.145 e. The Labute approximate surface area is 141 Å². The van der Waals surface area contributed by atoms with Gasteiger partial charge in [0.2, 0.25) is 0 Å². The minimum absolute atomic E-state index is 0.201. The molecule has 0 aliphatic carbocycles. The van der Waals surface area contributed by atoms with Crippen molar-refractivity contribution in [3.8, 4) is 11.5 Å². The molecule has 0 fully saturated rings. The largest absolute Gasteiger partial charge is 0.456 e. The fourth-order valence-corrected chi connectivity index (χ4v) is 2.78. The number of halogens is 1. The molecule has 0 aliphatic heterocycles. The summed E-state index contributed by atoms with van der Waals surface area (Å²) in [4.78, 5) is 4.69. The third kappa shape index (κ3) is 3.02. The molecule has 2 aromatic carbocycles. The van der Waals surface area contributed by atoms with Gasteiger partial charge in [0.05, 0.1) is 11.2 Å². The second-order valence-corrected chi connectivity index (χ2v) is 6.18. The van der Waals surface area contributed by atoms with Gasteiger partial charge in [0.25, 0.3) is 0 Å². The van der Waals surface area contributed by atoms with E-state index in [0.717, 1.165) is 16.8 Å². The zero-order chi connectivity index (χ0) is 17.3. The molecule has 0 radical (unpaired) electrons. The zero-order valence-electron chi connectivity index (χ0n) is 14.1. The van der Waals surface area contributed by atoms with Gasteiger partial charge in [0.1, 0.15) is 17.3 Å². The van der Waals surface area contributed by atoms with E-state index in [1.165, 1.54) is 12.1 Å². The molecule has 1 heterocycles. The quantitative estimate of drug-likeness (QED) is 0.567. The molecule has 1 aromatic heterocycles. The predicted octanol–water partition coefficient (Wildman–Crippen LogP) is 6.24. The van der Waals surface area contributed by atoms with Crippen molar-refractivity contribution in [2.24, 2.45) is 0 Å². The smallest absolute Gasteiger partial charge is 0.145 e. The molecule has 0 saturated heterocycles. The topological polar surface area (TPSA) is 22.1 Å². The Morgan fingerprint density at radius 3 is 2.62 bits per heavy atom. The fourth-order valence-electron chi connectivity index (χ4n) is 2.78. The first-order valence-corrected chi connectivity index (χ1v) is 7.99. The molecule has 0 atom stereocenters. The summed E-state index contributed by atoms with van der Waals surface area (Å²) in [7, 11) is 0. The van der Waals surface area contributed by atoms with Crippen molar-refractivity contribution in [1.82, 2.24) is 4.98 Å². The van der Waals surface area contributed by atoms with Crippen LogP contribution in [0.25, 0.3) is 17.0 Å². The van der Waals surface area contributed by atoms with Crippen LogP contribution >= 0.6 is 0 Å². The van der Waals surface area contributed by atoms with E-state index in [1.807, 2.05) is 31.2 Å². The molecule has 24 heavy (non-hydrogen) atoms. The average molecular weight is 321 g/mol. The molecule has 0 spiro atoms. The molecule has 2 nitrogen and oxygen atoms in total. The van der Waals surface area contributed by atoms with E-state index in [2.05, 4.69) is 25.4 Å². The Balaban J connectivity index is 2.29. The Hall–Kier alpha value is -2.68. The lowest BCUT2D eigenvalue weighted by molar-refractivity contribution is 0.484. The van der Waals surface area contributed by atoms with Gasteiger partial charge < -0.3 is 4.74 Å². The van der Waals surface area contributed by atoms with Crippen molar-refractivity contribution >= 4 is 17.0 Å². The predicted molar refractivity (Wildman–Crippen MR) is 97.1 cm³/mol. The summed E-state index contributed by atoms with van der Waals surface area (Å²) in [5.41, 5.74) is 3.52. The highest BCUT2D eigenvalue weighted by atomic mass is 19.1. The van der Waals surface area contributed by atoms with Crippen molar-refractivity contribution in [3.05, 3.63) is 71.7 Å². The van der Waals surface area contributed by atoms with E-state index in [4.69, 9.17) is 4.74 Å². The van der Waals surface area contributed by atoms with Crippen LogP contribution in [0, 0.1) is 12.7 Å². The van der Waals surface area contributed by atoms with Crippen molar-refractivity contribution < 1.29 is 9.13 Å². The van der Waals surface area contributed by atoms with Gasteiger partial charge in [-0.15, -0.1) is 0 Å². The molecule has 122 valence electrons. The lowest BCUT2D eigenvalue weighted by Gasteiger charge is -2.17. The van der Waals surface area contributed by atoms with Crippen molar-refractivity contribution in [2.45, 2.75) is 26.7 Å². The van der Waals surface area contributed by atoms with Crippen molar-refractivity contribution in [3.63, 3.8) is 0 Å². The van der Waals surface area contributed by atoms with Gasteiger partial charge in [-0.3, -0.25) is 4.98 Å². The lowest BCUT2D eigenvalue weighted by Crippen LogP contribution is -2.01. The molecule has 0 N–H and O–H groups in total. The summed E-state index contributed by atoms with van der Waals surface area (Å²) >= 11 is 0. The van der Waals surface area contributed by atoms with E-state index in [0.29, 0.717) is 22.4 Å². The number of aryl methyl sites for hydroxylation is 1. The molecular weight excluding hydrogens is 301 g/mol. The van der Waals surface area contributed by atoms with Crippen molar-refractivity contribution in [1.29, 1.82) is 0 Å². The second kappa shape index (κ2) is 6.44. The van der Waals surface area contributed by atoms with Crippen LogP contribution in [0.4, 0.5) is 4.39 Å². The van der Waals surface area contributed by atoms with Gasteiger partial charge in [-0.05, 0) is 48.7 Å². The molecule has 0 unspecified atom stereocenters. The van der Waals surface area contributed by atoms with Gasteiger partial charge in [0.15, 0.2) is 0 Å². The van der Waals surface area contributed by atoms with E-state index in [1.54, 1.807) is 12.1 Å². The van der Waals surface area contributed by atoms with Crippen LogP contribution in [0.3, 0.4) is 0 Å². The number of hydrogen-bond acceptors (Lipinski definition) is 2. The number of fused-ring (bicyclic) bond motifs is 1. The highest BCUT2D eigenvalue weighted by Gasteiger charge is 2.17. The molecule has 3 heteroatoms. The summed E-state index contributed by atoms with van der Waals surface area (Å²) in [5.74, 6) is 1.20. The van der Waals surface area contributed by atoms with Gasteiger partial charge in [-0.25, -0.2) is 4.39 Å². The lowest BCUT2D eigenvalue weighted by atomic mass is 10.00. The minimum Gasteiger partial charge on any atom is -0.456 e. The van der Waals surface area contributed by atoms with Crippen LogP contribution in [0.2, 0.25) is 0 Å². The third-order valence-electron chi connectivity index (χ3n) is 3.93. The highest BCUT2D eigenvalue weighted by molar-refractivity contribution is 5.90. The van der Waals surface area contributed by atoms with Crippen LogP contribution in [0.15, 0.2) is 49.0 Å². The number of ether oxygens (including phenoxy) is 1. The van der Waals surface area contributed by atoms with Crippen LogP contribution in [0.5, 0.6) is 11.5 Å². The first-order valence-electron chi connectivity index (χ1n) is 7.99. The van der Waals surface area contributed by atoms with Crippen LogP contribution in [-0.4, -0.2) is 4.98 Å². The molecule has 3 rings (SSSR count). The maximum atomic E-state index is 13.8. The Morgan fingerprint density at radius 2 is 1.96 bits per heavy atom. The third-order valence-corrected chi connectivity index (χ3v) is 3.93. The first kappa shape index (κ1) is 16.2. The molecule has 0 aliphatic rings. The van der Waals surface area contributed by atoms with E-state index < -0.39 is 0 Å². The first-order chi connectivity index (χ1) is 11.5. The number of aromatic nitrogens is 1. The number of hydrogen-bond donors (Lipinski definition) is 0. The van der Waals surface area contributed by atoms with E-state index in [-0.39, 0.29) is 11.7 Å². The van der Waals surface area contributed by atoms with Crippen LogP contribution in [-0.2, 0) is 0 Å². The Bertz CT molecular complexity index is 915. The number of rotatable bonds is 4. The number of nitrogens with zero attached hydrogens (tertiary/aromatic N) is 1. The molecule has 0 bridgehead atoms. The minimum atomic E-state index is -0.314. The maximum absolute atomic E-state index is 13.8.